The number of likely N-dealkylation sites (tertiary alicyclic amines) is 1. The third-order valence-electron chi connectivity index (χ3n) is 3.37. The molecular formula is C13H18N2O. The molecule has 0 aliphatic carbocycles. The van der Waals surface area contributed by atoms with E-state index in [1.54, 1.807) is 6.07 Å². The Bertz CT molecular complexity index is 394. The van der Waals surface area contributed by atoms with Crippen molar-refractivity contribution in [2.75, 3.05) is 19.3 Å². The normalized spacial score (nSPS) is 21.2. The summed E-state index contributed by atoms with van der Waals surface area (Å²) in [5.41, 5.74) is 8.18. The first kappa shape index (κ1) is 11.1. The van der Waals surface area contributed by atoms with Gasteiger partial charge in [0.1, 0.15) is 0 Å². The van der Waals surface area contributed by atoms with E-state index in [2.05, 4.69) is 4.90 Å². The summed E-state index contributed by atoms with van der Waals surface area (Å²) in [6.45, 7) is 2.95. The van der Waals surface area contributed by atoms with E-state index in [0.29, 0.717) is 11.3 Å². The number of hydrogen-bond donors (Lipinski definition) is 1. The molecule has 0 radical (unpaired) electrons. The predicted molar refractivity (Wildman–Crippen MR) is 65.6 cm³/mol. The number of Topliss-reactive ketones (excluding diaryl/α,β-unsaturated/α-hetero) is 1. The van der Waals surface area contributed by atoms with Crippen LogP contribution in [-0.2, 0) is 0 Å². The summed E-state index contributed by atoms with van der Waals surface area (Å²) in [7, 11) is 2.00. The lowest BCUT2D eigenvalue weighted by Crippen LogP contribution is -2.33. The van der Waals surface area contributed by atoms with Crippen LogP contribution in [-0.4, -0.2) is 30.3 Å². The van der Waals surface area contributed by atoms with E-state index in [4.69, 9.17) is 5.73 Å². The number of ketones is 1. The van der Waals surface area contributed by atoms with Gasteiger partial charge in [0, 0.05) is 11.3 Å². The zero-order valence-corrected chi connectivity index (χ0v) is 9.86. The van der Waals surface area contributed by atoms with Gasteiger partial charge in [0.2, 0.25) is 0 Å². The Balaban J connectivity index is 2.33. The summed E-state index contributed by atoms with van der Waals surface area (Å²) in [6, 6.07) is 5.65. The molecule has 2 N–H and O–H groups in total. The molecule has 0 bridgehead atoms. The number of anilines is 1. The van der Waals surface area contributed by atoms with E-state index in [-0.39, 0.29) is 11.8 Å². The molecule has 86 valence electrons. The maximum Gasteiger partial charge on any atom is 0.182 e. The van der Waals surface area contributed by atoms with Crippen LogP contribution in [0.5, 0.6) is 0 Å². The zero-order chi connectivity index (χ0) is 11.7. The molecule has 1 aliphatic heterocycles. The van der Waals surface area contributed by atoms with E-state index in [1.807, 2.05) is 26.1 Å². The number of rotatable bonds is 2. The van der Waals surface area contributed by atoms with Crippen molar-refractivity contribution in [3.8, 4) is 0 Å². The van der Waals surface area contributed by atoms with Crippen LogP contribution in [0.15, 0.2) is 18.2 Å². The summed E-state index contributed by atoms with van der Waals surface area (Å²) in [4.78, 5) is 14.5. The second-order valence-electron chi connectivity index (χ2n) is 4.54. The molecule has 1 aromatic carbocycles. The van der Waals surface area contributed by atoms with E-state index >= 15 is 0 Å². The summed E-state index contributed by atoms with van der Waals surface area (Å²) in [5, 5.41) is 0. The Labute approximate surface area is 96.2 Å². The van der Waals surface area contributed by atoms with Gasteiger partial charge in [-0.1, -0.05) is 12.1 Å². The van der Waals surface area contributed by atoms with Gasteiger partial charge in [-0.05, 0) is 45.0 Å². The zero-order valence-electron chi connectivity index (χ0n) is 9.86. The van der Waals surface area contributed by atoms with Gasteiger partial charge >= 0.3 is 0 Å². The molecule has 1 aromatic rings. The Morgan fingerprint density at radius 2 is 2.25 bits per heavy atom. The highest BCUT2D eigenvalue weighted by Crippen LogP contribution is 2.24. The number of carbonyl (C=O) groups is 1. The van der Waals surface area contributed by atoms with Gasteiger partial charge in [0.05, 0.1) is 6.04 Å². The highest BCUT2D eigenvalue weighted by molar-refractivity contribution is 6.05. The fourth-order valence-corrected chi connectivity index (χ4v) is 2.44. The number of nitrogens with zero attached hydrogens (tertiary/aromatic N) is 1. The number of hydrogen-bond acceptors (Lipinski definition) is 3. The number of aryl methyl sites for hydroxylation is 1. The lowest BCUT2D eigenvalue weighted by atomic mass is 9.96. The second-order valence-corrected chi connectivity index (χ2v) is 4.54. The molecule has 3 nitrogen and oxygen atoms in total. The molecule has 16 heavy (non-hydrogen) atoms. The first-order valence-electron chi connectivity index (χ1n) is 5.71. The molecule has 1 atom stereocenters. The monoisotopic (exact) mass is 218 g/mol. The second kappa shape index (κ2) is 4.26. The Kier molecular flexibility index (Phi) is 2.97. The molecule has 1 unspecified atom stereocenters. The Morgan fingerprint density at radius 3 is 2.81 bits per heavy atom. The molecule has 3 heteroatoms. The number of likely N-dealkylation sites (N-methyl/N-ethyl adjacent to an activating group) is 1. The Morgan fingerprint density at radius 1 is 1.50 bits per heavy atom. The first-order valence-corrected chi connectivity index (χ1v) is 5.71. The van der Waals surface area contributed by atoms with Crippen LogP contribution in [0.25, 0.3) is 0 Å². The average molecular weight is 218 g/mol. The molecule has 0 amide bonds. The number of carbonyl (C=O) groups excluding carboxylic acids is 1. The highest BCUT2D eigenvalue weighted by atomic mass is 16.1. The molecular weight excluding hydrogens is 200 g/mol. The molecule has 0 saturated carbocycles. The van der Waals surface area contributed by atoms with Crippen molar-refractivity contribution >= 4 is 11.5 Å². The van der Waals surface area contributed by atoms with Crippen molar-refractivity contribution in [2.24, 2.45) is 0 Å². The van der Waals surface area contributed by atoms with Crippen LogP contribution < -0.4 is 5.73 Å². The number of benzene rings is 1. The van der Waals surface area contributed by atoms with Crippen molar-refractivity contribution in [3.05, 3.63) is 29.3 Å². The first-order chi connectivity index (χ1) is 7.61. The van der Waals surface area contributed by atoms with Crippen molar-refractivity contribution in [1.82, 2.24) is 4.90 Å². The van der Waals surface area contributed by atoms with Gasteiger partial charge in [0.15, 0.2) is 5.78 Å². The minimum atomic E-state index is 0.0170. The third kappa shape index (κ3) is 1.83. The largest absolute Gasteiger partial charge is 0.398 e. The summed E-state index contributed by atoms with van der Waals surface area (Å²) >= 11 is 0. The maximum atomic E-state index is 12.4. The summed E-state index contributed by atoms with van der Waals surface area (Å²) in [6.07, 6.45) is 2.04. The van der Waals surface area contributed by atoms with Crippen LogP contribution in [0.2, 0.25) is 0 Å². The van der Waals surface area contributed by atoms with Crippen LogP contribution in [0.4, 0.5) is 5.69 Å². The third-order valence-corrected chi connectivity index (χ3v) is 3.37. The minimum Gasteiger partial charge on any atom is -0.398 e. The fourth-order valence-electron chi connectivity index (χ4n) is 2.44. The van der Waals surface area contributed by atoms with E-state index in [1.165, 1.54) is 0 Å². The van der Waals surface area contributed by atoms with Crippen LogP contribution in [0.3, 0.4) is 0 Å². The molecule has 1 fully saturated rings. The molecule has 1 aliphatic rings. The number of nitrogens with two attached hydrogens (primary N) is 1. The van der Waals surface area contributed by atoms with Gasteiger partial charge in [-0.25, -0.2) is 0 Å². The van der Waals surface area contributed by atoms with Crippen molar-refractivity contribution < 1.29 is 4.79 Å². The summed E-state index contributed by atoms with van der Waals surface area (Å²) < 4.78 is 0. The molecule has 1 heterocycles. The standard InChI is InChI=1S/C13H18N2O/c1-9-5-3-6-10(14)12(9)13(16)11-7-4-8-15(11)2/h3,5-6,11H,4,7-8,14H2,1-2H3. The molecule has 2 rings (SSSR count). The summed E-state index contributed by atoms with van der Waals surface area (Å²) in [5.74, 6) is 0.176. The molecule has 0 aromatic heterocycles. The molecule has 1 saturated heterocycles. The van der Waals surface area contributed by atoms with Gasteiger partial charge in [-0.2, -0.15) is 0 Å². The predicted octanol–water partition coefficient (Wildman–Crippen LogP) is 1.85. The quantitative estimate of drug-likeness (QED) is 0.608. The SMILES string of the molecule is Cc1cccc(N)c1C(=O)C1CCCN1C. The highest BCUT2D eigenvalue weighted by Gasteiger charge is 2.30. The minimum absolute atomic E-state index is 0.0170. The van der Waals surface area contributed by atoms with Crippen molar-refractivity contribution in [3.63, 3.8) is 0 Å². The average Bonchev–Trinajstić information content (AvgIpc) is 2.64. The van der Waals surface area contributed by atoms with Gasteiger partial charge in [-0.3, -0.25) is 9.69 Å². The number of nitrogen functional groups attached to an aromatic ring is 1. The van der Waals surface area contributed by atoms with Gasteiger partial charge in [0.25, 0.3) is 0 Å². The van der Waals surface area contributed by atoms with Gasteiger partial charge in [-0.15, -0.1) is 0 Å². The molecule has 0 spiro atoms. The maximum absolute atomic E-state index is 12.4. The Hall–Kier alpha value is -1.35. The van der Waals surface area contributed by atoms with E-state index in [0.717, 1.165) is 24.9 Å². The van der Waals surface area contributed by atoms with Crippen LogP contribution in [0, 0.1) is 6.92 Å². The van der Waals surface area contributed by atoms with Crippen molar-refractivity contribution in [1.29, 1.82) is 0 Å². The van der Waals surface area contributed by atoms with E-state index in [9.17, 15) is 4.79 Å². The van der Waals surface area contributed by atoms with Crippen LogP contribution >= 0.6 is 0 Å². The van der Waals surface area contributed by atoms with Gasteiger partial charge < -0.3 is 5.73 Å². The lowest BCUT2D eigenvalue weighted by molar-refractivity contribution is 0.0891. The van der Waals surface area contributed by atoms with E-state index < -0.39 is 0 Å². The topological polar surface area (TPSA) is 46.3 Å². The van der Waals surface area contributed by atoms with Crippen LogP contribution in [0.1, 0.15) is 28.8 Å². The van der Waals surface area contributed by atoms with Crippen molar-refractivity contribution in [2.45, 2.75) is 25.8 Å². The fraction of sp³-hybridized carbons (Fsp3) is 0.462. The lowest BCUT2D eigenvalue weighted by Gasteiger charge is -2.19. The smallest absolute Gasteiger partial charge is 0.182 e.